The van der Waals surface area contributed by atoms with Crippen molar-refractivity contribution in [3.63, 3.8) is 0 Å². The molecular formula is C22H27NO4. The van der Waals surface area contributed by atoms with Crippen molar-refractivity contribution < 1.29 is 19.1 Å². The number of carbonyl (C=O) groups is 2. The van der Waals surface area contributed by atoms with E-state index in [0.29, 0.717) is 13.2 Å². The van der Waals surface area contributed by atoms with Crippen molar-refractivity contribution in [2.75, 3.05) is 18.1 Å². The van der Waals surface area contributed by atoms with Crippen LogP contribution in [-0.4, -0.2) is 36.7 Å². The molecule has 5 nitrogen and oxygen atoms in total. The Morgan fingerprint density at radius 3 is 2.89 bits per heavy atom. The topological polar surface area (TPSA) is 55.8 Å². The Morgan fingerprint density at radius 1 is 1.30 bits per heavy atom. The molecular weight excluding hydrogens is 342 g/mol. The van der Waals surface area contributed by atoms with Gasteiger partial charge in [0.25, 0.3) is 0 Å². The van der Waals surface area contributed by atoms with E-state index >= 15 is 0 Å². The maximum atomic E-state index is 13.3. The Kier molecular flexibility index (Phi) is 4.81. The molecule has 1 aromatic carbocycles. The van der Waals surface area contributed by atoms with E-state index < -0.39 is 17.4 Å². The summed E-state index contributed by atoms with van der Waals surface area (Å²) in [5.41, 5.74) is 1.35. The molecule has 3 aliphatic rings. The zero-order valence-electron chi connectivity index (χ0n) is 16.0. The molecule has 1 amide bonds. The molecule has 27 heavy (non-hydrogen) atoms. The highest BCUT2D eigenvalue weighted by Gasteiger charge is 2.67. The highest BCUT2D eigenvalue weighted by Crippen LogP contribution is 2.53. The fourth-order valence-electron chi connectivity index (χ4n) is 4.67. The van der Waals surface area contributed by atoms with Crippen LogP contribution in [0.15, 0.2) is 36.4 Å². The number of ether oxygens (including phenoxy) is 2. The number of carbonyl (C=O) groups excluding carboxylic acids is 2. The van der Waals surface area contributed by atoms with Gasteiger partial charge in [-0.15, -0.1) is 0 Å². The minimum Gasteiger partial charge on any atom is -0.465 e. The molecule has 4 atom stereocenters. The maximum Gasteiger partial charge on any atom is 0.312 e. The normalized spacial score (nSPS) is 30.8. The largest absolute Gasteiger partial charge is 0.465 e. The van der Waals surface area contributed by atoms with Gasteiger partial charge in [-0.1, -0.05) is 57.0 Å². The van der Waals surface area contributed by atoms with Gasteiger partial charge >= 0.3 is 5.97 Å². The van der Waals surface area contributed by atoms with E-state index in [1.54, 1.807) is 4.90 Å². The smallest absolute Gasteiger partial charge is 0.312 e. The Balaban J connectivity index is 1.57. The molecule has 0 aromatic heterocycles. The number of hydrogen-bond donors (Lipinski definition) is 0. The van der Waals surface area contributed by atoms with E-state index in [9.17, 15) is 9.59 Å². The van der Waals surface area contributed by atoms with Crippen molar-refractivity contribution in [3.05, 3.63) is 42.0 Å². The second kappa shape index (κ2) is 7.12. The molecule has 1 aromatic rings. The van der Waals surface area contributed by atoms with Crippen molar-refractivity contribution in [2.24, 2.45) is 11.8 Å². The van der Waals surface area contributed by atoms with Crippen LogP contribution >= 0.6 is 0 Å². The first-order valence-electron chi connectivity index (χ1n) is 10.0. The lowest BCUT2D eigenvalue weighted by Crippen LogP contribution is -2.40. The van der Waals surface area contributed by atoms with Crippen LogP contribution in [0.2, 0.25) is 0 Å². The molecule has 1 spiro atoms. The van der Waals surface area contributed by atoms with Crippen LogP contribution < -0.4 is 4.90 Å². The second-order valence-corrected chi connectivity index (χ2v) is 7.68. The first kappa shape index (κ1) is 18.2. The predicted molar refractivity (Wildman–Crippen MR) is 102 cm³/mol. The number of unbranched alkanes of at least 4 members (excludes halogenated alkanes) is 2. The van der Waals surface area contributed by atoms with Gasteiger partial charge in [-0.2, -0.15) is 0 Å². The van der Waals surface area contributed by atoms with E-state index in [2.05, 4.69) is 13.8 Å². The summed E-state index contributed by atoms with van der Waals surface area (Å²) in [6.07, 6.45) is 7.38. The molecule has 0 saturated carbocycles. The molecule has 1 unspecified atom stereocenters. The van der Waals surface area contributed by atoms with Crippen LogP contribution in [0.4, 0.5) is 5.69 Å². The molecule has 3 heterocycles. The third kappa shape index (κ3) is 2.89. The minimum absolute atomic E-state index is 0.0294. The Morgan fingerprint density at radius 2 is 2.11 bits per heavy atom. The monoisotopic (exact) mass is 369 g/mol. The number of amides is 1. The summed E-state index contributed by atoms with van der Waals surface area (Å²) in [7, 11) is 0. The van der Waals surface area contributed by atoms with E-state index in [4.69, 9.17) is 9.47 Å². The van der Waals surface area contributed by atoms with Gasteiger partial charge < -0.3 is 14.4 Å². The number of benzene rings is 1. The maximum absolute atomic E-state index is 13.3. The Hall–Kier alpha value is -2.14. The summed E-state index contributed by atoms with van der Waals surface area (Å²) in [5.74, 6) is -1.36. The molecule has 5 heteroatoms. The van der Waals surface area contributed by atoms with Crippen LogP contribution in [0.1, 0.15) is 38.7 Å². The van der Waals surface area contributed by atoms with Crippen LogP contribution in [0.25, 0.3) is 0 Å². The van der Waals surface area contributed by atoms with Gasteiger partial charge in [-0.25, -0.2) is 0 Å². The number of rotatable bonds is 7. The lowest BCUT2D eigenvalue weighted by Gasteiger charge is -2.23. The quantitative estimate of drug-likeness (QED) is 0.420. The SMILES string of the molecule is CCCCCOC(=O)C1[C@H]2C(=O)N(c3ccccc3CC)C[C@]23C=C[C@H]1O3. The Bertz CT molecular complexity index is 773. The third-order valence-corrected chi connectivity index (χ3v) is 6.03. The third-order valence-electron chi connectivity index (χ3n) is 6.03. The van der Waals surface area contributed by atoms with Gasteiger partial charge in [0.05, 0.1) is 25.2 Å². The minimum atomic E-state index is -0.699. The average molecular weight is 369 g/mol. The second-order valence-electron chi connectivity index (χ2n) is 7.68. The van der Waals surface area contributed by atoms with Gasteiger partial charge in [0.2, 0.25) is 5.91 Å². The van der Waals surface area contributed by atoms with Gasteiger partial charge in [0.15, 0.2) is 0 Å². The van der Waals surface area contributed by atoms with Gasteiger partial charge in [-0.3, -0.25) is 9.59 Å². The predicted octanol–water partition coefficient (Wildman–Crippen LogP) is 3.27. The van der Waals surface area contributed by atoms with Gasteiger partial charge in [0, 0.05) is 5.69 Å². The number of aryl methyl sites for hydroxylation is 1. The summed E-state index contributed by atoms with van der Waals surface area (Å²) in [6.45, 7) is 5.06. The Labute approximate surface area is 160 Å². The van der Waals surface area contributed by atoms with Crippen LogP contribution in [0.3, 0.4) is 0 Å². The van der Waals surface area contributed by atoms with Gasteiger partial charge in [-0.05, 0) is 24.5 Å². The summed E-state index contributed by atoms with van der Waals surface area (Å²) in [6, 6.07) is 7.95. The number of para-hydroxylation sites is 1. The summed E-state index contributed by atoms with van der Waals surface area (Å²) >= 11 is 0. The molecule has 0 aliphatic carbocycles. The number of nitrogens with zero attached hydrogens (tertiary/aromatic N) is 1. The molecule has 3 aliphatic heterocycles. The van der Waals surface area contributed by atoms with E-state index in [-0.39, 0.29) is 18.0 Å². The fourth-order valence-corrected chi connectivity index (χ4v) is 4.67. The van der Waals surface area contributed by atoms with Crippen molar-refractivity contribution in [1.82, 2.24) is 0 Å². The average Bonchev–Trinajstić information content (AvgIpc) is 3.33. The summed E-state index contributed by atoms with van der Waals surface area (Å²) in [4.78, 5) is 27.9. The molecule has 2 fully saturated rings. The molecule has 0 N–H and O–H groups in total. The van der Waals surface area contributed by atoms with Crippen molar-refractivity contribution >= 4 is 17.6 Å². The first-order valence-corrected chi connectivity index (χ1v) is 10.0. The molecule has 2 bridgehead atoms. The van der Waals surface area contributed by atoms with E-state index in [1.165, 1.54) is 0 Å². The highest BCUT2D eigenvalue weighted by atomic mass is 16.6. The van der Waals surface area contributed by atoms with Crippen LogP contribution in [0.5, 0.6) is 0 Å². The fraction of sp³-hybridized carbons (Fsp3) is 0.545. The van der Waals surface area contributed by atoms with Crippen molar-refractivity contribution in [2.45, 2.75) is 51.2 Å². The summed E-state index contributed by atoms with van der Waals surface area (Å²) < 4.78 is 11.7. The standard InChI is InChI=1S/C22H27NO4/c1-3-5-8-13-26-21(25)18-17-11-12-22(27-17)14-23(20(24)19(18)22)16-10-7-6-9-15(16)4-2/h6-7,9-12,17-19H,3-5,8,13-14H2,1-2H3/t17-,18?,19+,22-/m1/s1. The van der Waals surface area contributed by atoms with Crippen LogP contribution in [0, 0.1) is 11.8 Å². The molecule has 0 radical (unpaired) electrons. The number of hydrogen-bond acceptors (Lipinski definition) is 4. The van der Waals surface area contributed by atoms with Crippen molar-refractivity contribution in [3.8, 4) is 0 Å². The highest BCUT2D eigenvalue weighted by molar-refractivity contribution is 6.03. The number of fused-ring (bicyclic) bond motifs is 1. The molecule has 4 rings (SSSR count). The zero-order valence-corrected chi connectivity index (χ0v) is 16.0. The zero-order chi connectivity index (χ0) is 19.0. The first-order chi connectivity index (χ1) is 13.1. The lowest BCUT2D eigenvalue weighted by atomic mass is 9.77. The molecule has 2 saturated heterocycles. The van der Waals surface area contributed by atoms with Crippen molar-refractivity contribution in [1.29, 1.82) is 0 Å². The van der Waals surface area contributed by atoms with Gasteiger partial charge in [0.1, 0.15) is 11.5 Å². The van der Waals surface area contributed by atoms with E-state index in [0.717, 1.165) is 36.9 Å². The summed E-state index contributed by atoms with van der Waals surface area (Å²) in [5, 5.41) is 0. The number of esters is 1. The van der Waals surface area contributed by atoms with E-state index in [1.807, 2.05) is 36.4 Å². The lowest BCUT2D eigenvalue weighted by molar-refractivity contribution is -0.152. The number of anilines is 1. The molecule has 144 valence electrons. The van der Waals surface area contributed by atoms with Crippen LogP contribution in [-0.2, 0) is 25.5 Å².